The Labute approximate surface area is 404 Å². The summed E-state index contributed by atoms with van der Waals surface area (Å²) < 4.78 is 38.1. The number of amides is 1. The molecule has 0 radical (unpaired) electrons. The molecule has 3 fully saturated rings. The summed E-state index contributed by atoms with van der Waals surface area (Å²) in [5.74, 6) is -3.17. The van der Waals surface area contributed by atoms with Gasteiger partial charge in [0, 0.05) is 51.0 Å². The Morgan fingerprint density at radius 1 is 0.941 bits per heavy atom. The van der Waals surface area contributed by atoms with Crippen LogP contribution in [0.4, 0.5) is 0 Å². The average molecular weight is 960 g/mol. The van der Waals surface area contributed by atoms with Gasteiger partial charge >= 0.3 is 5.97 Å². The van der Waals surface area contributed by atoms with Crippen LogP contribution in [0.1, 0.15) is 120 Å². The van der Waals surface area contributed by atoms with Crippen LogP contribution in [0.3, 0.4) is 0 Å². The number of nitrogens with one attached hydrogen (secondary N) is 1. The minimum atomic E-state index is -1.96. The summed E-state index contributed by atoms with van der Waals surface area (Å²) in [7, 11) is 5.25. The van der Waals surface area contributed by atoms with E-state index in [1.807, 2.05) is 87.1 Å². The van der Waals surface area contributed by atoms with E-state index in [1.165, 1.54) is 14.0 Å². The topological polar surface area (TPSA) is 209 Å². The van der Waals surface area contributed by atoms with Gasteiger partial charge in [-0.2, -0.15) is 0 Å². The number of fused-ring (bicyclic) bond motifs is 1. The number of aliphatic hydroxyl groups is 5. The lowest BCUT2D eigenvalue weighted by Gasteiger charge is -2.48. The quantitative estimate of drug-likeness (QED) is 0.160. The largest absolute Gasteiger partial charge is 0.459 e. The van der Waals surface area contributed by atoms with Crippen LogP contribution >= 0.6 is 0 Å². The highest BCUT2D eigenvalue weighted by atomic mass is 16.7. The normalized spacial score (nSPS) is 41.1. The molecule has 1 amide bonds. The van der Waals surface area contributed by atoms with Gasteiger partial charge in [-0.3, -0.25) is 14.5 Å². The first-order valence-corrected chi connectivity index (χ1v) is 24.8. The number of rotatable bonds is 12. The van der Waals surface area contributed by atoms with E-state index in [0.717, 1.165) is 16.3 Å². The molecule has 3 heterocycles. The molecule has 3 aliphatic rings. The van der Waals surface area contributed by atoms with E-state index < -0.39 is 96.0 Å². The Morgan fingerprint density at radius 3 is 2.25 bits per heavy atom. The molecular weight excluding hydrogens is 875 g/mol. The molecule has 68 heavy (non-hydrogen) atoms. The lowest BCUT2D eigenvalue weighted by Crippen LogP contribution is -2.60. The molecule has 0 aromatic heterocycles. The van der Waals surface area contributed by atoms with E-state index in [4.69, 9.17) is 28.4 Å². The number of hydrogen-bond donors (Lipinski definition) is 6. The second kappa shape index (κ2) is 23.1. The summed E-state index contributed by atoms with van der Waals surface area (Å²) in [6, 6.07) is 12.6. The maximum atomic E-state index is 14.6. The first-order chi connectivity index (χ1) is 31.8. The maximum Gasteiger partial charge on any atom is 0.311 e. The number of cyclic esters (lactones) is 1. The Balaban J connectivity index is 1.53. The van der Waals surface area contributed by atoms with Gasteiger partial charge in [-0.25, -0.2) is 0 Å². The molecular formula is C52H85N3O13. The highest BCUT2D eigenvalue weighted by Gasteiger charge is 2.53. The van der Waals surface area contributed by atoms with Crippen LogP contribution in [-0.2, 0) is 38.0 Å². The molecule has 16 heteroatoms. The molecule has 19 atom stereocenters. The molecule has 0 spiro atoms. The summed E-state index contributed by atoms with van der Waals surface area (Å²) in [5.41, 5.74) is -3.72. The molecule has 0 saturated carbocycles. The number of carbonyl (C=O) groups is 2. The molecule has 3 saturated heterocycles. The third kappa shape index (κ3) is 12.8. The van der Waals surface area contributed by atoms with Crippen molar-refractivity contribution < 1.29 is 63.5 Å². The number of hydrogen-bond acceptors (Lipinski definition) is 15. The van der Waals surface area contributed by atoms with E-state index in [-0.39, 0.29) is 68.8 Å². The highest BCUT2D eigenvalue weighted by Crippen LogP contribution is 2.40. The first kappa shape index (κ1) is 56.1. The molecule has 3 aliphatic heterocycles. The molecule has 0 aliphatic carbocycles. The van der Waals surface area contributed by atoms with Crippen molar-refractivity contribution in [2.24, 2.45) is 17.8 Å². The van der Waals surface area contributed by atoms with E-state index >= 15 is 0 Å². The van der Waals surface area contributed by atoms with Crippen molar-refractivity contribution in [2.45, 2.75) is 205 Å². The second-order valence-corrected chi connectivity index (χ2v) is 21.3. The average Bonchev–Trinajstić information content (AvgIpc) is 3.28. The number of likely N-dealkylation sites (N-methyl/N-ethyl adjacent to an activating group) is 1. The summed E-state index contributed by atoms with van der Waals surface area (Å²) in [4.78, 5) is 32.2. The fourth-order valence-electron chi connectivity index (χ4n) is 11.2. The number of benzene rings is 2. The summed E-state index contributed by atoms with van der Waals surface area (Å²) in [6.45, 7) is 19.8. The summed E-state index contributed by atoms with van der Waals surface area (Å²) >= 11 is 0. The van der Waals surface area contributed by atoms with E-state index in [2.05, 4.69) is 5.32 Å². The summed E-state index contributed by atoms with van der Waals surface area (Å²) in [5, 5.41) is 65.4. The van der Waals surface area contributed by atoms with Gasteiger partial charge in [0.1, 0.15) is 30.0 Å². The predicted octanol–water partition coefficient (Wildman–Crippen LogP) is 4.69. The van der Waals surface area contributed by atoms with Crippen LogP contribution in [0.2, 0.25) is 0 Å². The van der Waals surface area contributed by atoms with Crippen molar-refractivity contribution in [3.8, 4) is 0 Å². The van der Waals surface area contributed by atoms with Crippen molar-refractivity contribution >= 4 is 22.6 Å². The third-order valence-electron chi connectivity index (χ3n) is 15.3. The predicted molar refractivity (Wildman–Crippen MR) is 258 cm³/mol. The van der Waals surface area contributed by atoms with Gasteiger partial charge in [0.25, 0.3) is 0 Å². The first-order valence-electron chi connectivity index (χ1n) is 24.8. The molecule has 386 valence electrons. The number of nitrogens with zero attached hydrogens (tertiary/aromatic N) is 2. The van der Waals surface area contributed by atoms with Crippen molar-refractivity contribution in [2.75, 3.05) is 34.3 Å². The fraction of sp³-hybridized carbons (Fsp3) is 0.769. The number of carbonyl (C=O) groups excluding carboxylic acids is 2. The van der Waals surface area contributed by atoms with Crippen LogP contribution in [0.25, 0.3) is 10.8 Å². The number of aliphatic hydroxyl groups excluding tert-OH is 3. The van der Waals surface area contributed by atoms with Gasteiger partial charge in [-0.05, 0) is 111 Å². The van der Waals surface area contributed by atoms with Gasteiger partial charge in [0.15, 0.2) is 12.6 Å². The molecule has 5 rings (SSSR count). The number of ether oxygens (including phenoxy) is 6. The van der Waals surface area contributed by atoms with Crippen LogP contribution in [0.5, 0.6) is 0 Å². The zero-order valence-corrected chi connectivity index (χ0v) is 43.1. The van der Waals surface area contributed by atoms with Crippen LogP contribution < -0.4 is 5.32 Å². The van der Waals surface area contributed by atoms with Crippen molar-refractivity contribution in [3.05, 3.63) is 48.0 Å². The van der Waals surface area contributed by atoms with E-state index in [1.54, 1.807) is 48.5 Å². The molecule has 2 aromatic carbocycles. The van der Waals surface area contributed by atoms with Gasteiger partial charge in [-0.1, -0.05) is 63.2 Å². The number of esters is 1. The van der Waals surface area contributed by atoms with Crippen molar-refractivity contribution in [3.63, 3.8) is 0 Å². The van der Waals surface area contributed by atoms with Crippen LogP contribution in [0, 0.1) is 17.8 Å². The van der Waals surface area contributed by atoms with Crippen molar-refractivity contribution in [1.29, 1.82) is 0 Å². The smallest absolute Gasteiger partial charge is 0.311 e. The van der Waals surface area contributed by atoms with E-state index in [9.17, 15) is 35.1 Å². The van der Waals surface area contributed by atoms with Crippen LogP contribution in [-0.4, -0.2) is 172 Å². The Hall–Kier alpha value is -2.84. The maximum absolute atomic E-state index is 14.6. The van der Waals surface area contributed by atoms with Gasteiger partial charge in [0.05, 0.1) is 47.6 Å². The Kier molecular flexibility index (Phi) is 19.1. The highest BCUT2D eigenvalue weighted by molar-refractivity contribution is 5.87. The van der Waals surface area contributed by atoms with E-state index in [0.29, 0.717) is 6.42 Å². The Bertz CT molecular complexity index is 1950. The minimum absolute atomic E-state index is 0.0616. The fourth-order valence-corrected chi connectivity index (χ4v) is 11.2. The molecule has 2 aromatic rings. The molecule has 0 bridgehead atoms. The van der Waals surface area contributed by atoms with Gasteiger partial charge in [0.2, 0.25) is 5.91 Å². The summed E-state index contributed by atoms with van der Waals surface area (Å²) in [6.07, 6.45) is -9.18. The van der Waals surface area contributed by atoms with Crippen LogP contribution in [0.15, 0.2) is 42.5 Å². The lowest BCUT2D eigenvalue weighted by molar-refractivity contribution is -0.318. The SMILES string of the molecule is CC[C@H]1OC(=O)[C@H](C)[C@@H](O[C@H]2C[C@@](C)(OC)[C@@H](O)[C@H](C)O2)[C@H](C)[C@@H](O[C@@H]2O[C@H](C)C[C@H](N(C)C)[C@H]2O)[C@](C)(O)C[C@@H](C)CN(CCC(=O)N[C@@H](C)c2cccc3ccccc23)[C@H](C)[C@@H](O)[C@]1(C)O. The van der Waals surface area contributed by atoms with Gasteiger partial charge < -0.3 is 64.2 Å². The minimum Gasteiger partial charge on any atom is -0.459 e. The number of methoxy groups -OCH3 is 1. The third-order valence-corrected chi connectivity index (χ3v) is 15.3. The zero-order valence-electron chi connectivity index (χ0n) is 43.1. The Morgan fingerprint density at radius 2 is 1.60 bits per heavy atom. The molecule has 16 nitrogen and oxygen atoms in total. The standard InChI is InChI=1S/C52H85N3O13/c1-15-40-52(11,62)45(58)34(7)55(24-23-41(56)53-33(6)37-22-18-20-36-19-16-17-21-38(36)37)28-29(2)26-50(9,61)47(68-49-43(57)39(54(12)13)25-30(3)64-49)31(4)44(32(5)48(60)66-40)67-42-27-51(10,63-14)46(59)35(8)65-42/h16-22,29-35,39-40,42-47,49,57-59,61-62H,15,23-28H2,1-14H3,(H,53,56)/t29-,30-,31+,32-,33+,34-,35+,39+,40-,42+,43-,44+,45-,46+,47-,49+,50-,51-,52-/m1/s1. The second-order valence-electron chi connectivity index (χ2n) is 21.3. The zero-order chi connectivity index (χ0) is 50.6. The van der Waals surface area contributed by atoms with Gasteiger partial charge in [-0.15, -0.1) is 0 Å². The molecule has 6 N–H and O–H groups in total. The lowest BCUT2D eigenvalue weighted by atomic mass is 9.77. The molecule has 0 unspecified atom stereocenters. The monoisotopic (exact) mass is 960 g/mol. The van der Waals surface area contributed by atoms with Crippen molar-refractivity contribution in [1.82, 2.24) is 15.1 Å².